The van der Waals surface area contributed by atoms with Crippen molar-refractivity contribution in [3.8, 4) is 11.7 Å². The summed E-state index contributed by atoms with van der Waals surface area (Å²) in [6, 6.07) is 3.40. The Morgan fingerprint density at radius 2 is 2.23 bits per heavy atom. The second-order valence-corrected chi connectivity index (χ2v) is 4.47. The summed E-state index contributed by atoms with van der Waals surface area (Å²) in [5, 5.41) is 11.4. The molecule has 0 saturated heterocycles. The van der Waals surface area contributed by atoms with E-state index in [-0.39, 0.29) is 18.4 Å². The van der Waals surface area contributed by atoms with Gasteiger partial charge in [0.2, 0.25) is 0 Å². The lowest BCUT2D eigenvalue weighted by Gasteiger charge is -2.01. The average Bonchev–Trinajstić information content (AvgIpc) is 3.24. The van der Waals surface area contributed by atoms with Gasteiger partial charge in [-0.3, -0.25) is 0 Å². The van der Waals surface area contributed by atoms with E-state index in [4.69, 9.17) is 18.1 Å². The third kappa shape index (κ3) is 2.62. The van der Waals surface area contributed by atoms with Crippen LogP contribution in [0.2, 0.25) is 0 Å². The van der Waals surface area contributed by atoms with Crippen molar-refractivity contribution in [3.05, 3.63) is 41.3 Å². The average molecular weight is 303 g/mol. The molecule has 0 bridgehead atoms. The first-order valence-corrected chi connectivity index (χ1v) is 6.67. The summed E-state index contributed by atoms with van der Waals surface area (Å²) in [5.41, 5.74) is 0.901. The Kier molecular flexibility index (Phi) is 3.73. The number of aromatic nitrogens is 3. The molecule has 0 aliphatic carbocycles. The third-order valence-electron chi connectivity index (χ3n) is 3.00. The molecule has 0 radical (unpaired) electrons. The molecule has 8 nitrogen and oxygen atoms in total. The summed E-state index contributed by atoms with van der Waals surface area (Å²) in [6.45, 7) is 3.40. The van der Waals surface area contributed by atoms with Gasteiger partial charge in [0.25, 0.3) is 11.8 Å². The first-order chi connectivity index (χ1) is 10.7. The molecular formula is C14H13N3O5. The van der Waals surface area contributed by atoms with E-state index in [9.17, 15) is 4.79 Å². The minimum Gasteiger partial charge on any atom is -0.459 e. The van der Waals surface area contributed by atoms with Gasteiger partial charge in [0.1, 0.15) is 11.3 Å². The van der Waals surface area contributed by atoms with Crippen LogP contribution < -0.4 is 0 Å². The molecule has 0 amide bonds. The molecule has 114 valence electrons. The van der Waals surface area contributed by atoms with Gasteiger partial charge in [-0.25, -0.2) is 4.79 Å². The van der Waals surface area contributed by atoms with Gasteiger partial charge in [-0.1, -0.05) is 12.1 Å². The van der Waals surface area contributed by atoms with E-state index < -0.39 is 5.97 Å². The smallest absolute Gasteiger partial charge is 0.344 e. The highest BCUT2D eigenvalue weighted by atomic mass is 16.5. The summed E-state index contributed by atoms with van der Waals surface area (Å²) in [4.78, 5) is 12.1. The topological polar surface area (TPSA) is 104 Å². The van der Waals surface area contributed by atoms with Crippen LogP contribution in [-0.4, -0.2) is 21.3 Å². The Balaban J connectivity index is 1.68. The molecule has 3 aromatic rings. The fourth-order valence-corrected chi connectivity index (χ4v) is 1.93. The van der Waals surface area contributed by atoms with Crippen molar-refractivity contribution >= 4 is 5.97 Å². The first kappa shape index (κ1) is 14.1. The quantitative estimate of drug-likeness (QED) is 0.662. The first-order valence-electron chi connectivity index (χ1n) is 6.67. The SMILES string of the molecule is CCc1noc(C)c1C(=O)OCc1nnc(-c2ccco2)o1. The molecule has 8 heteroatoms. The monoisotopic (exact) mass is 303 g/mol. The molecule has 3 heterocycles. The summed E-state index contributed by atoms with van der Waals surface area (Å²) in [7, 11) is 0. The predicted molar refractivity (Wildman–Crippen MR) is 71.7 cm³/mol. The van der Waals surface area contributed by atoms with Gasteiger partial charge in [-0.05, 0) is 25.5 Å². The second-order valence-electron chi connectivity index (χ2n) is 4.47. The lowest BCUT2D eigenvalue weighted by atomic mass is 10.1. The lowest BCUT2D eigenvalue weighted by Crippen LogP contribution is -2.08. The number of hydrogen-bond donors (Lipinski definition) is 0. The van der Waals surface area contributed by atoms with Crippen LogP contribution in [0, 0.1) is 6.92 Å². The van der Waals surface area contributed by atoms with E-state index in [1.54, 1.807) is 19.1 Å². The standard InChI is InChI=1S/C14H13N3O5/c1-3-9-12(8(2)22-17-9)14(18)20-7-11-15-16-13(21-11)10-5-4-6-19-10/h4-6H,3,7H2,1-2H3. The molecule has 0 aromatic carbocycles. The van der Waals surface area contributed by atoms with E-state index in [0.29, 0.717) is 29.2 Å². The van der Waals surface area contributed by atoms with Crippen LogP contribution in [0.25, 0.3) is 11.7 Å². The Morgan fingerprint density at radius 3 is 2.95 bits per heavy atom. The van der Waals surface area contributed by atoms with Crippen LogP contribution in [0.3, 0.4) is 0 Å². The number of ether oxygens (including phenoxy) is 1. The van der Waals surface area contributed by atoms with Crippen molar-refractivity contribution in [2.24, 2.45) is 0 Å². The van der Waals surface area contributed by atoms with Crippen molar-refractivity contribution in [3.63, 3.8) is 0 Å². The Labute approximate surface area is 125 Å². The Hall–Kier alpha value is -2.90. The molecular weight excluding hydrogens is 290 g/mol. The van der Waals surface area contributed by atoms with E-state index in [1.165, 1.54) is 6.26 Å². The van der Waals surface area contributed by atoms with Crippen LogP contribution in [0.5, 0.6) is 0 Å². The van der Waals surface area contributed by atoms with Gasteiger partial charge >= 0.3 is 5.97 Å². The number of nitrogens with zero attached hydrogens (tertiary/aromatic N) is 3. The zero-order valence-electron chi connectivity index (χ0n) is 12.0. The van der Waals surface area contributed by atoms with E-state index in [0.717, 1.165) is 0 Å². The number of carbonyl (C=O) groups is 1. The number of rotatable bonds is 5. The lowest BCUT2D eigenvalue weighted by molar-refractivity contribution is 0.0435. The van der Waals surface area contributed by atoms with Gasteiger partial charge in [-0.15, -0.1) is 10.2 Å². The molecule has 3 rings (SSSR count). The molecule has 0 N–H and O–H groups in total. The zero-order valence-corrected chi connectivity index (χ0v) is 12.0. The van der Waals surface area contributed by atoms with Crippen LogP contribution in [0.4, 0.5) is 0 Å². The van der Waals surface area contributed by atoms with E-state index >= 15 is 0 Å². The Bertz CT molecular complexity index is 772. The number of esters is 1. The fourth-order valence-electron chi connectivity index (χ4n) is 1.93. The Morgan fingerprint density at radius 1 is 1.36 bits per heavy atom. The van der Waals surface area contributed by atoms with Crippen LogP contribution in [0.1, 0.15) is 34.6 Å². The molecule has 3 aromatic heterocycles. The molecule has 22 heavy (non-hydrogen) atoms. The van der Waals surface area contributed by atoms with Crippen molar-refractivity contribution in [1.29, 1.82) is 0 Å². The number of hydrogen-bond acceptors (Lipinski definition) is 8. The maximum absolute atomic E-state index is 12.1. The minimum atomic E-state index is -0.534. The van der Waals surface area contributed by atoms with Crippen molar-refractivity contribution in [2.45, 2.75) is 26.9 Å². The van der Waals surface area contributed by atoms with Crippen LogP contribution >= 0.6 is 0 Å². The summed E-state index contributed by atoms with van der Waals surface area (Å²) >= 11 is 0. The highest BCUT2D eigenvalue weighted by Gasteiger charge is 2.21. The van der Waals surface area contributed by atoms with Crippen molar-refractivity contribution in [2.75, 3.05) is 0 Å². The largest absolute Gasteiger partial charge is 0.459 e. The molecule has 0 unspecified atom stereocenters. The third-order valence-corrected chi connectivity index (χ3v) is 3.00. The maximum atomic E-state index is 12.1. The van der Waals surface area contributed by atoms with Gasteiger partial charge in [0.15, 0.2) is 12.4 Å². The highest BCUT2D eigenvalue weighted by Crippen LogP contribution is 2.19. The summed E-state index contributed by atoms with van der Waals surface area (Å²) in [6.07, 6.45) is 2.07. The van der Waals surface area contributed by atoms with Crippen LogP contribution in [0.15, 0.2) is 31.8 Å². The maximum Gasteiger partial charge on any atom is 0.344 e. The molecule has 0 saturated carbocycles. The predicted octanol–water partition coefficient (Wildman–Crippen LogP) is 2.55. The highest BCUT2D eigenvalue weighted by molar-refractivity contribution is 5.91. The van der Waals surface area contributed by atoms with Crippen molar-refractivity contribution < 1.29 is 22.9 Å². The summed E-state index contributed by atoms with van der Waals surface area (Å²) in [5.74, 6) is 0.739. The van der Waals surface area contributed by atoms with Gasteiger partial charge in [0.05, 0.1) is 12.0 Å². The molecule has 0 atom stereocenters. The molecule has 0 aliphatic heterocycles. The van der Waals surface area contributed by atoms with Gasteiger partial charge in [-0.2, -0.15) is 0 Å². The number of aryl methyl sites for hydroxylation is 2. The van der Waals surface area contributed by atoms with Gasteiger partial charge < -0.3 is 18.1 Å². The van der Waals surface area contributed by atoms with Gasteiger partial charge in [0, 0.05) is 0 Å². The molecule has 0 aliphatic rings. The van der Waals surface area contributed by atoms with Crippen LogP contribution in [-0.2, 0) is 17.8 Å². The van der Waals surface area contributed by atoms with E-state index in [1.807, 2.05) is 6.92 Å². The second kappa shape index (κ2) is 5.84. The minimum absolute atomic E-state index is 0.139. The molecule has 0 spiro atoms. The fraction of sp³-hybridized carbons (Fsp3) is 0.286. The number of carbonyl (C=O) groups excluding carboxylic acids is 1. The normalized spacial score (nSPS) is 10.8. The number of furan rings is 1. The van der Waals surface area contributed by atoms with Crippen molar-refractivity contribution in [1.82, 2.24) is 15.4 Å². The zero-order chi connectivity index (χ0) is 15.5. The summed E-state index contributed by atoms with van der Waals surface area (Å²) < 4.78 is 20.6. The van der Waals surface area contributed by atoms with E-state index in [2.05, 4.69) is 15.4 Å². The molecule has 0 fully saturated rings.